The van der Waals surface area contributed by atoms with E-state index in [4.69, 9.17) is 23.2 Å². The molecule has 0 aliphatic rings. The Labute approximate surface area is 117 Å². The molecule has 0 aliphatic heterocycles. The minimum atomic E-state index is -0.308. The Bertz CT molecular complexity index is 564. The number of hydrazone groups is 1. The molecule has 5 nitrogen and oxygen atoms in total. The predicted molar refractivity (Wildman–Crippen MR) is 72.3 cm³/mol. The van der Waals surface area contributed by atoms with Gasteiger partial charge < -0.3 is 4.57 Å². The minimum Gasteiger partial charge on any atom is -0.311 e. The summed E-state index contributed by atoms with van der Waals surface area (Å²) in [5, 5.41) is 8.07. The van der Waals surface area contributed by atoms with Crippen LogP contribution in [-0.2, 0) is 11.3 Å². The summed E-state index contributed by atoms with van der Waals surface area (Å²) < 4.78 is 1.43. The Morgan fingerprint density at radius 2 is 2.44 bits per heavy atom. The molecule has 0 radical (unpaired) electrons. The molecule has 0 aliphatic carbocycles. The maximum absolute atomic E-state index is 11.5. The molecule has 0 bridgehead atoms. The summed E-state index contributed by atoms with van der Waals surface area (Å²) in [6.07, 6.45) is 2.96. The van der Waals surface area contributed by atoms with Gasteiger partial charge in [0.05, 0.1) is 12.5 Å². The Hall–Kier alpha value is -1.37. The Morgan fingerprint density at radius 1 is 1.61 bits per heavy atom. The van der Waals surface area contributed by atoms with E-state index < -0.39 is 0 Å². The van der Waals surface area contributed by atoms with E-state index in [0.29, 0.717) is 0 Å². The SMILES string of the molecule is O=C(Cn1cnc(Cl)c1Cl)N/N=C\c1ccsc1. The van der Waals surface area contributed by atoms with Gasteiger partial charge in [-0.15, -0.1) is 0 Å². The third-order valence-electron chi connectivity index (χ3n) is 1.99. The van der Waals surface area contributed by atoms with Crippen molar-refractivity contribution in [3.05, 3.63) is 39.0 Å². The number of nitrogens with one attached hydrogen (secondary N) is 1. The van der Waals surface area contributed by atoms with E-state index in [1.807, 2.05) is 16.8 Å². The van der Waals surface area contributed by atoms with Crippen molar-refractivity contribution < 1.29 is 4.79 Å². The molecule has 2 aromatic heterocycles. The molecule has 18 heavy (non-hydrogen) atoms. The number of aromatic nitrogens is 2. The number of amides is 1. The first kappa shape index (κ1) is 13.1. The molecule has 0 saturated carbocycles. The summed E-state index contributed by atoms with van der Waals surface area (Å²) in [6.45, 7) is 0.0134. The highest BCUT2D eigenvalue weighted by Crippen LogP contribution is 2.18. The fourth-order valence-electron chi connectivity index (χ4n) is 1.17. The van der Waals surface area contributed by atoms with Gasteiger partial charge in [0.1, 0.15) is 11.7 Å². The number of thiophene rings is 1. The van der Waals surface area contributed by atoms with Gasteiger partial charge in [-0.2, -0.15) is 16.4 Å². The van der Waals surface area contributed by atoms with Gasteiger partial charge in [-0.3, -0.25) is 4.79 Å². The predicted octanol–water partition coefficient (Wildman–Crippen LogP) is 2.40. The number of carbonyl (C=O) groups is 1. The van der Waals surface area contributed by atoms with Crippen LogP contribution in [0.1, 0.15) is 5.56 Å². The van der Waals surface area contributed by atoms with Crippen LogP contribution in [0.25, 0.3) is 0 Å². The normalized spacial score (nSPS) is 11.0. The molecular formula is C10H8Cl2N4OS. The number of rotatable bonds is 4. The number of imidazole rings is 1. The molecule has 0 aromatic carbocycles. The van der Waals surface area contributed by atoms with Crippen LogP contribution in [0.2, 0.25) is 10.3 Å². The molecule has 1 N–H and O–H groups in total. The van der Waals surface area contributed by atoms with Crippen molar-refractivity contribution >= 4 is 46.7 Å². The van der Waals surface area contributed by atoms with Gasteiger partial charge >= 0.3 is 0 Å². The number of hydrogen-bond donors (Lipinski definition) is 1. The van der Waals surface area contributed by atoms with Gasteiger partial charge in [-0.05, 0) is 16.8 Å². The lowest BCUT2D eigenvalue weighted by Crippen LogP contribution is -2.22. The molecule has 2 rings (SSSR count). The number of halogens is 2. The lowest BCUT2D eigenvalue weighted by atomic mass is 10.4. The van der Waals surface area contributed by atoms with Crippen LogP contribution in [0.3, 0.4) is 0 Å². The Morgan fingerprint density at radius 3 is 3.06 bits per heavy atom. The maximum Gasteiger partial charge on any atom is 0.260 e. The molecule has 8 heteroatoms. The summed E-state index contributed by atoms with van der Waals surface area (Å²) in [5.74, 6) is -0.308. The van der Waals surface area contributed by atoms with E-state index in [9.17, 15) is 4.79 Å². The van der Waals surface area contributed by atoms with Crippen LogP contribution in [0.5, 0.6) is 0 Å². The quantitative estimate of drug-likeness (QED) is 0.696. The number of hydrogen-bond acceptors (Lipinski definition) is 4. The molecule has 0 unspecified atom stereocenters. The highest BCUT2D eigenvalue weighted by atomic mass is 35.5. The van der Waals surface area contributed by atoms with Gasteiger partial charge in [-0.1, -0.05) is 23.2 Å². The summed E-state index contributed by atoms with van der Waals surface area (Å²) in [7, 11) is 0. The molecule has 0 fully saturated rings. The molecular weight excluding hydrogens is 295 g/mol. The average Bonchev–Trinajstić information content (AvgIpc) is 2.95. The highest BCUT2D eigenvalue weighted by Gasteiger charge is 2.09. The smallest absolute Gasteiger partial charge is 0.260 e. The number of nitrogens with zero attached hydrogens (tertiary/aromatic N) is 3. The van der Waals surface area contributed by atoms with Gasteiger partial charge in [0, 0.05) is 5.56 Å². The monoisotopic (exact) mass is 302 g/mol. The van der Waals surface area contributed by atoms with E-state index >= 15 is 0 Å². The van der Waals surface area contributed by atoms with E-state index in [-0.39, 0.29) is 22.8 Å². The van der Waals surface area contributed by atoms with E-state index in [1.165, 1.54) is 10.9 Å². The zero-order valence-electron chi connectivity index (χ0n) is 9.01. The number of carbonyl (C=O) groups excluding carboxylic acids is 1. The second-order valence-electron chi connectivity index (χ2n) is 3.30. The molecule has 0 saturated heterocycles. The van der Waals surface area contributed by atoms with Crippen LogP contribution < -0.4 is 5.43 Å². The molecule has 0 spiro atoms. The van der Waals surface area contributed by atoms with Gasteiger partial charge in [0.2, 0.25) is 0 Å². The molecule has 0 atom stereocenters. The minimum absolute atomic E-state index is 0.0134. The first-order valence-electron chi connectivity index (χ1n) is 4.87. The maximum atomic E-state index is 11.5. The van der Waals surface area contributed by atoms with Gasteiger partial charge in [0.25, 0.3) is 5.91 Å². The summed E-state index contributed by atoms with van der Waals surface area (Å²) >= 11 is 13.0. The van der Waals surface area contributed by atoms with Crippen molar-refractivity contribution in [1.29, 1.82) is 0 Å². The summed E-state index contributed by atoms with van der Waals surface area (Å²) in [4.78, 5) is 15.3. The van der Waals surface area contributed by atoms with Crippen LogP contribution in [0.15, 0.2) is 28.3 Å². The lowest BCUT2D eigenvalue weighted by Gasteiger charge is -2.01. The third-order valence-corrected chi connectivity index (χ3v) is 3.46. The van der Waals surface area contributed by atoms with Crippen LogP contribution in [0.4, 0.5) is 0 Å². The van der Waals surface area contributed by atoms with Crippen molar-refractivity contribution in [2.45, 2.75) is 6.54 Å². The second kappa shape index (κ2) is 5.99. The summed E-state index contributed by atoms with van der Waals surface area (Å²) in [5.41, 5.74) is 3.32. The molecule has 2 aromatic rings. The molecule has 2 heterocycles. The van der Waals surface area contributed by atoms with Crippen LogP contribution in [-0.4, -0.2) is 21.7 Å². The van der Waals surface area contributed by atoms with Crippen LogP contribution >= 0.6 is 34.5 Å². The van der Waals surface area contributed by atoms with E-state index in [0.717, 1.165) is 5.56 Å². The van der Waals surface area contributed by atoms with Crippen molar-refractivity contribution in [2.24, 2.45) is 5.10 Å². The van der Waals surface area contributed by atoms with Crippen LogP contribution in [0, 0.1) is 0 Å². The van der Waals surface area contributed by atoms with Crippen molar-refractivity contribution in [3.63, 3.8) is 0 Å². The van der Waals surface area contributed by atoms with Gasteiger partial charge in [0.15, 0.2) is 5.15 Å². The summed E-state index contributed by atoms with van der Waals surface area (Å²) in [6, 6.07) is 1.90. The zero-order chi connectivity index (χ0) is 13.0. The highest BCUT2D eigenvalue weighted by molar-refractivity contribution is 7.08. The van der Waals surface area contributed by atoms with Gasteiger partial charge in [-0.25, -0.2) is 10.4 Å². The standard InChI is InChI=1S/C10H8Cl2N4OS/c11-9-10(12)16(6-13-9)4-8(17)15-14-3-7-1-2-18-5-7/h1-3,5-6H,4H2,(H,15,17)/b14-3-. The van der Waals surface area contributed by atoms with Crippen molar-refractivity contribution in [1.82, 2.24) is 15.0 Å². The fourth-order valence-corrected chi connectivity index (χ4v) is 2.09. The van der Waals surface area contributed by atoms with Crippen molar-refractivity contribution in [3.8, 4) is 0 Å². The molecule has 94 valence electrons. The fraction of sp³-hybridized carbons (Fsp3) is 0.100. The average molecular weight is 303 g/mol. The van der Waals surface area contributed by atoms with Crippen molar-refractivity contribution in [2.75, 3.05) is 0 Å². The lowest BCUT2D eigenvalue weighted by molar-refractivity contribution is -0.121. The second-order valence-corrected chi connectivity index (χ2v) is 4.80. The largest absolute Gasteiger partial charge is 0.311 e. The first-order valence-corrected chi connectivity index (χ1v) is 6.57. The first-order chi connectivity index (χ1) is 8.66. The Kier molecular flexibility index (Phi) is 4.35. The topological polar surface area (TPSA) is 59.3 Å². The molecule has 1 amide bonds. The van der Waals surface area contributed by atoms with E-state index in [2.05, 4.69) is 15.5 Å². The third kappa shape index (κ3) is 3.32. The zero-order valence-corrected chi connectivity index (χ0v) is 11.3. The Balaban J connectivity index is 1.88. The van der Waals surface area contributed by atoms with E-state index in [1.54, 1.807) is 17.6 Å².